The van der Waals surface area contributed by atoms with Crippen molar-refractivity contribution in [2.75, 3.05) is 0 Å². The highest BCUT2D eigenvalue weighted by atomic mass is 19.1. The van der Waals surface area contributed by atoms with E-state index in [4.69, 9.17) is 4.74 Å². The molecule has 0 aliphatic carbocycles. The van der Waals surface area contributed by atoms with Crippen LogP contribution < -0.4 is 4.74 Å². The molecule has 0 saturated heterocycles. The fourth-order valence-corrected chi connectivity index (χ4v) is 1.75. The van der Waals surface area contributed by atoms with Crippen molar-refractivity contribution in [3.05, 3.63) is 59.4 Å². The van der Waals surface area contributed by atoms with E-state index in [0.29, 0.717) is 23.7 Å². The molecule has 0 aromatic heterocycles. The fourth-order valence-electron chi connectivity index (χ4n) is 1.75. The molecule has 0 fully saturated rings. The lowest BCUT2D eigenvalue weighted by Crippen LogP contribution is -1.92. The number of carbonyl (C=O) groups is 1. The van der Waals surface area contributed by atoms with Crippen molar-refractivity contribution in [3.8, 4) is 11.5 Å². The summed E-state index contributed by atoms with van der Waals surface area (Å²) in [6.45, 7) is 4.22. The van der Waals surface area contributed by atoms with Gasteiger partial charge in [-0.3, -0.25) is 4.79 Å². The molecule has 0 N–H and O–H groups in total. The topological polar surface area (TPSA) is 26.3 Å². The highest BCUT2D eigenvalue weighted by Crippen LogP contribution is 2.26. The number of hydrogen-bond acceptors (Lipinski definition) is 2. The van der Waals surface area contributed by atoms with Crippen LogP contribution in [0.5, 0.6) is 11.5 Å². The minimum absolute atomic E-state index is 0.202. The van der Waals surface area contributed by atoms with Crippen LogP contribution in [-0.2, 0) is 0 Å². The predicted molar refractivity (Wildman–Crippen MR) is 72.4 cm³/mol. The van der Waals surface area contributed by atoms with Crippen molar-refractivity contribution in [1.82, 2.24) is 0 Å². The minimum atomic E-state index is -0.454. The molecule has 0 saturated carbocycles. The number of carbonyl (C=O) groups excluding carboxylic acids is 1. The number of rotatable bonds is 4. The summed E-state index contributed by atoms with van der Waals surface area (Å²) < 4.78 is 18.6. The van der Waals surface area contributed by atoms with Crippen LogP contribution >= 0.6 is 0 Å². The molecule has 0 spiro atoms. The standard InChI is InChI=1S/C16H15FO2/c1-11(2)12-3-6-15(7-4-12)19-16-8-5-14(17)9-13(16)10-18/h3-11H,1-2H3. The Morgan fingerprint density at radius 2 is 1.79 bits per heavy atom. The Balaban J connectivity index is 2.23. The Kier molecular flexibility index (Phi) is 3.95. The Bertz CT molecular complexity index is 574. The van der Waals surface area contributed by atoms with Gasteiger partial charge in [0.1, 0.15) is 17.3 Å². The molecule has 2 nitrogen and oxygen atoms in total. The quantitative estimate of drug-likeness (QED) is 0.752. The second-order valence-electron chi connectivity index (χ2n) is 4.63. The molecule has 0 unspecified atom stereocenters. The van der Waals surface area contributed by atoms with Crippen molar-refractivity contribution in [3.63, 3.8) is 0 Å². The first-order chi connectivity index (χ1) is 9.10. The molecule has 0 bridgehead atoms. The molecular weight excluding hydrogens is 243 g/mol. The molecular formula is C16H15FO2. The molecule has 0 aliphatic heterocycles. The number of ether oxygens (including phenoxy) is 1. The maximum atomic E-state index is 13.0. The van der Waals surface area contributed by atoms with Gasteiger partial charge in [0.15, 0.2) is 6.29 Å². The third kappa shape index (κ3) is 3.19. The second kappa shape index (κ2) is 5.65. The Labute approximate surface area is 111 Å². The zero-order chi connectivity index (χ0) is 13.8. The van der Waals surface area contributed by atoms with Crippen LogP contribution in [0, 0.1) is 5.82 Å². The van der Waals surface area contributed by atoms with Gasteiger partial charge in [-0.25, -0.2) is 4.39 Å². The van der Waals surface area contributed by atoms with Gasteiger partial charge in [0.25, 0.3) is 0 Å². The van der Waals surface area contributed by atoms with Crippen LogP contribution in [0.25, 0.3) is 0 Å². The van der Waals surface area contributed by atoms with Gasteiger partial charge in [-0.15, -0.1) is 0 Å². The first kappa shape index (κ1) is 13.3. The molecule has 0 aliphatic rings. The van der Waals surface area contributed by atoms with Gasteiger partial charge in [0, 0.05) is 0 Å². The number of aldehydes is 1. The normalized spacial score (nSPS) is 10.5. The summed E-state index contributed by atoms with van der Waals surface area (Å²) in [6.07, 6.45) is 0.584. The largest absolute Gasteiger partial charge is 0.457 e. The van der Waals surface area contributed by atoms with E-state index in [1.54, 1.807) is 0 Å². The van der Waals surface area contributed by atoms with Crippen LogP contribution in [0.15, 0.2) is 42.5 Å². The van der Waals surface area contributed by atoms with Gasteiger partial charge in [0.05, 0.1) is 5.56 Å². The van der Waals surface area contributed by atoms with Gasteiger partial charge in [0.2, 0.25) is 0 Å². The van der Waals surface area contributed by atoms with Crippen LogP contribution in [0.2, 0.25) is 0 Å². The molecule has 98 valence electrons. The summed E-state index contributed by atoms with van der Waals surface area (Å²) in [6, 6.07) is 11.5. The zero-order valence-electron chi connectivity index (χ0n) is 10.9. The van der Waals surface area contributed by atoms with Gasteiger partial charge in [-0.2, -0.15) is 0 Å². The minimum Gasteiger partial charge on any atom is -0.457 e. The number of halogens is 1. The van der Waals surface area contributed by atoms with Crippen molar-refractivity contribution in [2.45, 2.75) is 19.8 Å². The van der Waals surface area contributed by atoms with Crippen LogP contribution in [0.1, 0.15) is 35.7 Å². The monoisotopic (exact) mass is 258 g/mol. The highest BCUT2D eigenvalue weighted by Gasteiger charge is 2.06. The molecule has 2 aromatic carbocycles. The first-order valence-corrected chi connectivity index (χ1v) is 6.12. The van der Waals surface area contributed by atoms with Crippen molar-refractivity contribution >= 4 is 6.29 Å². The summed E-state index contributed by atoms with van der Waals surface area (Å²) in [5, 5.41) is 0. The zero-order valence-corrected chi connectivity index (χ0v) is 10.9. The van der Waals surface area contributed by atoms with E-state index >= 15 is 0 Å². The first-order valence-electron chi connectivity index (χ1n) is 6.12. The molecule has 19 heavy (non-hydrogen) atoms. The number of benzene rings is 2. The lowest BCUT2D eigenvalue weighted by molar-refractivity contribution is 0.112. The lowest BCUT2D eigenvalue weighted by atomic mass is 10.0. The van der Waals surface area contributed by atoms with Crippen LogP contribution in [0.3, 0.4) is 0 Å². The predicted octanol–water partition coefficient (Wildman–Crippen LogP) is 4.55. The smallest absolute Gasteiger partial charge is 0.153 e. The van der Waals surface area contributed by atoms with Crippen molar-refractivity contribution < 1.29 is 13.9 Å². The summed E-state index contributed by atoms with van der Waals surface area (Å²) in [7, 11) is 0. The molecule has 2 aromatic rings. The lowest BCUT2D eigenvalue weighted by Gasteiger charge is -2.10. The maximum Gasteiger partial charge on any atom is 0.153 e. The van der Waals surface area contributed by atoms with Crippen LogP contribution in [0.4, 0.5) is 4.39 Å². The molecule has 2 rings (SSSR count). The molecule has 3 heteroatoms. The molecule has 0 amide bonds. The third-order valence-corrected chi connectivity index (χ3v) is 2.87. The number of hydrogen-bond donors (Lipinski definition) is 0. The second-order valence-corrected chi connectivity index (χ2v) is 4.63. The van der Waals surface area contributed by atoms with E-state index in [0.717, 1.165) is 6.07 Å². The van der Waals surface area contributed by atoms with E-state index in [1.165, 1.54) is 17.7 Å². The summed E-state index contributed by atoms with van der Waals surface area (Å²) >= 11 is 0. The fraction of sp³-hybridized carbons (Fsp3) is 0.188. The van der Waals surface area contributed by atoms with Crippen molar-refractivity contribution in [2.24, 2.45) is 0 Å². The summed E-state index contributed by atoms with van der Waals surface area (Å²) in [5.74, 6) is 0.975. The average molecular weight is 258 g/mol. The SMILES string of the molecule is CC(C)c1ccc(Oc2ccc(F)cc2C=O)cc1. The average Bonchev–Trinajstić information content (AvgIpc) is 2.41. The summed E-state index contributed by atoms with van der Waals surface area (Å²) in [5.41, 5.74) is 1.41. The van der Waals surface area contributed by atoms with Gasteiger partial charge >= 0.3 is 0 Å². The Morgan fingerprint density at radius 1 is 1.11 bits per heavy atom. The van der Waals surface area contributed by atoms with Gasteiger partial charge in [-0.05, 0) is 41.8 Å². The van der Waals surface area contributed by atoms with Gasteiger partial charge < -0.3 is 4.74 Å². The van der Waals surface area contributed by atoms with Crippen LogP contribution in [-0.4, -0.2) is 6.29 Å². The van der Waals surface area contributed by atoms with E-state index in [1.807, 2.05) is 24.3 Å². The third-order valence-electron chi connectivity index (χ3n) is 2.87. The van der Waals surface area contributed by atoms with Gasteiger partial charge in [-0.1, -0.05) is 26.0 Å². The maximum absolute atomic E-state index is 13.0. The van der Waals surface area contributed by atoms with E-state index < -0.39 is 5.82 Å². The Morgan fingerprint density at radius 3 is 2.37 bits per heavy atom. The molecule has 0 radical (unpaired) electrons. The van der Waals surface area contributed by atoms with E-state index in [-0.39, 0.29) is 5.56 Å². The Hall–Kier alpha value is -2.16. The van der Waals surface area contributed by atoms with E-state index in [2.05, 4.69) is 13.8 Å². The highest BCUT2D eigenvalue weighted by molar-refractivity contribution is 5.79. The van der Waals surface area contributed by atoms with Crippen molar-refractivity contribution in [1.29, 1.82) is 0 Å². The summed E-state index contributed by atoms with van der Waals surface area (Å²) in [4.78, 5) is 10.9. The molecule has 0 atom stereocenters. The van der Waals surface area contributed by atoms with E-state index in [9.17, 15) is 9.18 Å². The molecule has 0 heterocycles.